The van der Waals surface area contributed by atoms with E-state index in [2.05, 4.69) is 10.3 Å². The standard InChI is InChI=1S/C20H20ClFN4O2S/c1-11-16(21)15-17(23-10-12-2-4-14(22)5-3-12)24-20(25-18(15)29-11)26-8-6-13(7-9-26)19(27)28/h2-5,13H,6-10H2,1H3,(H,27,28)(H,23,24,25). The molecule has 1 aliphatic rings. The maximum atomic E-state index is 13.2. The van der Waals surface area contributed by atoms with E-state index in [1.54, 1.807) is 12.1 Å². The minimum absolute atomic E-state index is 0.276. The summed E-state index contributed by atoms with van der Waals surface area (Å²) >= 11 is 8.01. The molecule has 0 radical (unpaired) electrons. The van der Waals surface area contributed by atoms with Crippen molar-refractivity contribution in [3.63, 3.8) is 0 Å². The predicted octanol–water partition coefficient (Wildman–Crippen LogP) is 4.71. The van der Waals surface area contributed by atoms with Gasteiger partial charge in [0.25, 0.3) is 0 Å². The van der Waals surface area contributed by atoms with Gasteiger partial charge in [-0.25, -0.2) is 9.37 Å². The van der Waals surface area contributed by atoms with Crippen LogP contribution >= 0.6 is 22.9 Å². The predicted molar refractivity (Wildman–Crippen MR) is 113 cm³/mol. The van der Waals surface area contributed by atoms with Gasteiger partial charge in [-0.1, -0.05) is 23.7 Å². The number of aromatic nitrogens is 2. The first-order valence-electron chi connectivity index (χ1n) is 9.35. The molecule has 0 bridgehead atoms. The Hall–Kier alpha value is -2.45. The van der Waals surface area contributed by atoms with E-state index in [0.29, 0.717) is 49.3 Å². The molecule has 3 aromatic rings. The van der Waals surface area contributed by atoms with Gasteiger partial charge in [-0.05, 0) is 37.5 Å². The van der Waals surface area contributed by atoms with Gasteiger partial charge in [0.2, 0.25) is 5.95 Å². The number of carbonyl (C=O) groups is 1. The molecule has 0 amide bonds. The van der Waals surface area contributed by atoms with Crippen LogP contribution in [-0.4, -0.2) is 34.1 Å². The van der Waals surface area contributed by atoms with Crippen molar-refractivity contribution in [2.24, 2.45) is 5.92 Å². The van der Waals surface area contributed by atoms with Gasteiger partial charge in [-0.3, -0.25) is 4.79 Å². The second kappa shape index (κ2) is 8.12. The number of fused-ring (bicyclic) bond motifs is 1. The minimum atomic E-state index is -0.747. The fourth-order valence-corrected chi connectivity index (χ4v) is 4.71. The SMILES string of the molecule is Cc1sc2nc(N3CCC(C(=O)O)CC3)nc(NCc3ccc(F)cc3)c2c1Cl. The van der Waals surface area contributed by atoms with Crippen molar-refractivity contribution in [1.82, 2.24) is 9.97 Å². The maximum absolute atomic E-state index is 13.2. The number of nitrogens with zero attached hydrogens (tertiary/aromatic N) is 3. The van der Waals surface area contributed by atoms with Gasteiger partial charge in [-0.2, -0.15) is 4.98 Å². The molecular formula is C20H20ClFN4O2S. The van der Waals surface area contributed by atoms with E-state index in [1.165, 1.54) is 23.5 Å². The first-order chi connectivity index (χ1) is 13.9. The monoisotopic (exact) mass is 434 g/mol. The molecule has 9 heteroatoms. The van der Waals surface area contributed by atoms with Crippen LogP contribution in [0.1, 0.15) is 23.3 Å². The normalized spacial score (nSPS) is 15.1. The Balaban J connectivity index is 1.63. The maximum Gasteiger partial charge on any atom is 0.306 e. The molecule has 0 atom stereocenters. The largest absolute Gasteiger partial charge is 0.481 e. The number of benzene rings is 1. The number of halogens is 2. The highest BCUT2D eigenvalue weighted by atomic mass is 35.5. The number of hydrogen-bond donors (Lipinski definition) is 2. The van der Waals surface area contributed by atoms with Gasteiger partial charge < -0.3 is 15.3 Å². The summed E-state index contributed by atoms with van der Waals surface area (Å²) in [6.07, 6.45) is 1.14. The van der Waals surface area contributed by atoms with Crippen LogP contribution in [0.3, 0.4) is 0 Å². The number of nitrogens with one attached hydrogen (secondary N) is 1. The Bertz CT molecular complexity index is 1050. The fraction of sp³-hybridized carbons (Fsp3) is 0.350. The third-order valence-electron chi connectivity index (χ3n) is 5.14. The van der Waals surface area contributed by atoms with Crippen LogP contribution in [0.25, 0.3) is 10.2 Å². The summed E-state index contributed by atoms with van der Waals surface area (Å²) < 4.78 is 13.2. The van der Waals surface area contributed by atoms with Crippen LogP contribution in [0, 0.1) is 18.7 Å². The molecule has 1 saturated heterocycles. The van der Waals surface area contributed by atoms with Gasteiger partial charge in [-0.15, -0.1) is 11.3 Å². The molecule has 0 saturated carbocycles. The molecule has 3 heterocycles. The van der Waals surface area contributed by atoms with Gasteiger partial charge >= 0.3 is 5.97 Å². The molecule has 152 valence electrons. The number of thiophene rings is 1. The van der Waals surface area contributed by atoms with Crippen molar-refractivity contribution in [1.29, 1.82) is 0 Å². The zero-order valence-electron chi connectivity index (χ0n) is 15.8. The summed E-state index contributed by atoms with van der Waals surface area (Å²) in [5.41, 5.74) is 0.921. The Kier molecular flexibility index (Phi) is 5.56. The molecular weight excluding hydrogens is 415 g/mol. The van der Waals surface area contributed by atoms with E-state index in [9.17, 15) is 14.3 Å². The first kappa shape index (κ1) is 19.8. The van der Waals surface area contributed by atoms with Crippen LogP contribution in [0.5, 0.6) is 0 Å². The summed E-state index contributed by atoms with van der Waals surface area (Å²) in [5, 5.41) is 13.9. The summed E-state index contributed by atoms with van der Waals surface area (Å²) in [6.45, 7) is 3.60. The van der Waals surface area contributed by atoms with Crippen LogP contribution in [0.15, 0.2) is 24.3 Å². The first-order valence-corrected chi connectivity index (χ1v) is 10.5. The second-order valence-corrected chi connectivity index (χ2v) is 8.69. The van der Waals surface area contributed by atoms with E-state index in [1.807, 2.05) is 11.8 Å². The lowest BCUT2D eigenvalue weighted by Crippen LogP contribution is -2.37. The van der Waals surface area contributed by atoms with Gasteiger partial charge in [0.05, 0.1) is 16.3 Å². The van der Waals surface area contributed by atoms with Crippen molar-refractivity contribution in [3.05, 3.63) is 45.5 Å². The van der Waals surface area contributed by atoms with Crippen LogP contribution in [-0.2, 0) is 11.3 Å². The number of rotatable bonds is 5. The summed E-state index contributed by atoms with van der Waals surface area (Å²) in [6, 6.07) is 6.29. The van der Waals surface area contributed by atoms with Crippen LogP contribution in [0.4, 0.5) is 16.2 Å². The summed E-state index contributed by atoms with van der Waals surface area (Å²) in [4.78, 5) is 24.4. The average molecular weight is 435 g/mol. The lowest BCUT2D eigenvalue weighted by molar-refractivity contribution is -0.142. The second-order valence-electron chi connectivity index (χ2n) is 7.10. The molecule has 4 rings (SSSR count). The lowest BCUT2D eigenvalue weighted by atomic mass is 9.97. The van der Waals surface area contributed by atoms with Crippen molar-refractivity contribution in [2.75, 3.05) is 23.3 Å². The number of carboxylic acid groups (broad SMARTS) is 1. The number of carboxylic acids is 1. The van der Waals surface area contributed by atoms with Gasteiger partial charge in [0.1, 0.15) is 16.5 Å². The molecule has 0 aliphatic carbocycles. The molecule has 1 aliphatic heterocycles. The minimum Gasteiger partial charge on any atom is -0.481 e. The highest BCUT2D eigenvalue weighted by molar-refractivity contribution is 7.19. The molecule has 1 fully saturated rings. The van der Waals surface area contributed by atoms with Crippen LogP contribution in [0.2, 0.25) is 5.02 Å². The number of aryl methyl sites for hydroxylation is 1. The number of hydrogen-bond acceptors (Lipinski definition) is 6. The molecule has 0 spiro atoms. The van der Waals surface area contributed by atoms with E-state index in [-0.39, 0.29) is 11.7 Å². The zero-order valence-corrected chi connectivity index (χ0v) is 17.4. The fourth-order valence-electron chi connectivity index (χ4n) is 3.45. The number of aliphatic carboxylic acids is 1. The number of anilines is 2. The Labute approximate surface area is 176 Å². The van der Waals surface area contributed by atoms with Crippen molar-refractivity contribution < 1.29 is 14.3 Å². The van der Waals surface area contributed by atoms with Crippen molar-refractivity contribution in [3.8, 4) is 0 Å². The highest BCUT2D eigenvalue weighted by Gasteiger charge is 2.27. The lowest BCUT2D eigenvalue weighted by Gasteiger charge is -2.30. The average Bonchev–Trinajstić information content (AvgIpc) is 3.01. The Morgan fingerprint density at radius 1 is 1.31 bits per heavy atom. The summed E-state index contributed by atoms with van der Waals surface area (Å²) in [7, 11) is 0. The molecule has 2 aromatic heterocycles. The third-order valence-corrected chi connectivity index (χ3v) is 6.73. The molecule has 6 nitrogen and oxygen atoms in total. The van der Waals surface area contributed by atoms with E-state index in [0.717, 1.165) is 20.7 Å². The smallest absolute Gasteiger partial charge is 0.306 e. The van der Waals surface area contributed by atoms with Crippen LogP contribution < -0.4 is 10.2 Å². The van der Waals surface area contributed by atoms with Gasteiger partial charge in [0.15, 0.2) is 0 Å². The van der Waals surface area contributed by atoms with Gasteiger partial charge in [0, 0.05) is 24.5 Å². The highest BCUT2D eigenvalue weighted by Crippen LogP contribution is 2.39. The number of piperidine rings is 1. The topological polar surface area (TPSA) is 78.4 Å². The quantitative estimate of drug-likeness (QED) is 0.605. The van der Waals surface area contributed by atoms with Crippen molar-refractivity contribution in [2.45, 2.75) is 26.3 Å². The van der Waals surface area contributed by atoms with Crippen molar-refractivity contribution >= 4 is 50.9 Å². The molecule has 0 unspecified atom stereocenters. The Morgan fingerprint density at radius 3 is 2.66 bits per heavy atom. The molecule has 29 heavy (non-hydrogen) atoms. The molecule has 2 N–H and O–H groups in total. The zero-order chi connectivity index (χ0) is 20.5. The van der Waals surface area contributed by atoms with E-state index < -0.39 is 5.97 Å². The Morgan fingerprint density at radius 2 is 2.00 bits per heavy atom. The molecule has 1 aromatic carbocycles. The summed E-state index contributed by atoms with van der Waals surface area (Å²) in [5.74, 6) is -0.139. The third kappa shape index (κ3) is 4.13. The van der Waals surface area contributed by atoms with E-state index in [4.69, 9.17) is 16.6 Å². The van der Waals surface area contributed by atoms with E-state index >= 15 is 0 Å².